The Morgan fingerprint density at radius 3 is 1.76 bits per heavy atom. The summed E-state index contributed by atoms with van der Waals surface area (Å²) in [6.45, 7) is 3.18. The van der Waals surface area contributed by atoms with Crippen molar-refractivity contribution in [1.29, 1.82) is 0 Å². The average Bonchev–Trinajstić information content (AvgIpc) is 2.18. The molecule has 0 aliphatic carbocycles. The molecule has 4 nitrogen and oxygen atoms in total. The van der Waals surface area contributed by atoms with Gasteiger partial charge < -0.3 is 10.2 Å². The van der Waals surface area contributed by atoms with E-state index in [1.807, 2.05) is 0 Å². The Hall–Kier alpha value is -0.204. The van der Waals surface area contributed by atoms with Gasteiger partial charge in [-0.3, -0.25) is 9.59 Å². The summed E-state index contributed by atoms with van der Waals surface area (Å²) < 4.78 is 0. The van der Waals surface area contributed by atoms with E-state index in [-0.39, 0.29) is 51.4 Å². The van der Waals surface area contributed by atoms with Gasteiger partial charge in [-0.1, -0.05) is 44.2 Å². The Balaban J connectivity index is 0.00000256. The van der Waals surface area contributed by atoms with Crippen LogP contribution in [0.2, 0.25) is 0 Å². The second kappa shape index (κ2) is 6.65. The third-order valence-electron chi connectivity index (χ3n) is 2.77. The van der Waals surface area contributed by atoms with Gasteiger partial charge in [-0.15, -0.1) is 0 Å². The van der Waals surface area contributed by atoms with E-state index in [1.165, 1.54) is 12.1 Å². The van der Waals surface area contributed by atoms with Crippen molar-refractivity contribution in [3.63, 3.8) is 0 Å². The van der Waals surface area contributed by atoms with Crippen LogP contribution in [0.4, 0.5) is 0 Å². The molecule has 17 heavy (non-hydrogen) atoms. The van der Waals surface area contributed by atoms with Gasteiger partial charge >= 0.3 is 63.3 Å². The number of rotatable bonds is 4. The molecule has 0 radical (unpaired) electrons. The van der Waals surface area contributed by atoms with Gasteiger partial charge in [0.05, 0.1) is 0 Å². The fourth-order valence-electron chi connectivity index (χ4n) is 1.87. The minimum absolute atomic E-state index is 0. The van der Waals surface area contributed by atoms with E-state index in [0.717, 1.165) is 0 Å². The van der Waals surface area contributed by atoms with E-state index >= 15 is 0 Å². The summed E-state index contributed by atoms with van der Waals surface area (Å²) in [6, 6.07) is 8.06. The first-order chi connectivity index (χ1) is 7.44. The Kier molecular flexibility index (Phi) is 6.58. The van der Waals surface area contributed by atoms with Crippen LogP contribution >= 0.6 is 0 Å². The molecule has 2 N–H and O–H groups in total. The molecule has 1 aromatic rings. The number of carboxylic acids is 2. The average molecular weight is 262 g/mol. The summed E-state index contributed by atoms with van der Waals surface area (Å²) in [5.74, 6) is -3.20. The molecule has 5 heteroatoms. The van der Waals surface area contributed by atoms with E-state index in [1.54, 1.807) is 32.0 Å². The number of hydrogen-bond acceptors (Lipinski definition) is 2. The maximum atomic E-state index is 11.3. The Bertz CT molecular complexity index is 386. The maximum absolute atomic E-state index is 11.3. The Labute approximate surface area is 142 Å². The third kappa shape index (κ3) is 2.97. The molecule has 0 spiro atoms. The van der Waals surface area contributed by atoms with E-state index < -0.39 is 23.3 Å². The predicted molar refractivity (Wildman–Crippen MR) is 65.4 cm³/mol. The van der Waals surface area contributed by atoms with Crippen LogP contribution in [0.1, 0.15) is 19.4 Å². The second-order valence-corrected chi connectivity index (χ2v) is 3.94. The van der Waals surface area contributed by atoms with Crippen molar-refractivity contribution in [2.75, 3.05) is 0 Å². The van der Waals surface area contributed by atoms with Crippen molar-refractivity contribution >= 4 is 63.3 Å². The zero-order valence-corrected chi connectivity index (χ0v) is 9.18. The Morgan fingerprint density at radius 1 is 1.06 bits per heavy atom. The molecule has 0 amide bonds. The molecule has 0 saturated carbocycles. The van der Waals surface area contributed by atoms with Gasteiger partial charge in [0.2, 0.25) is 0 Å². The summed E-state index contributed by atoms with van der Waals surface area (Å²) in [7, 11) is 0. The topological polar surface area (TPSA) is 74.6 Å². The molecule has 1 aromatic carbocycles. The van der Waals surface area contributed by atoms with Crippen LogP contribution < -0.4 is 0 Å². The van der Waals surface area contributed by atoms with Crippen molar-refractivity contribution in [2.24, 2.45) is 5.92 Å². The minimum atomic E-state index is -1.87. The van der Waals surface area contributed by atoms with Crippen LogP contribution in [0.3, 0.4) is 0 Å². The van der Waals surface area contributed by atoms with Gasteiger partial charge in [0.1, 0.15) is 0 Å². The molecule has 0 heterocycles. The zero-order chi connectivity index (χ0) is 12.3. The van der Waals surface area contributed by atoms with Crippen LogP contribution in [-0.4, -0.2) is 73.5 Å². The van der Waals surface area contributed by atoms with Crippen LogP contribution in [0.5, 0.6) is 0 Å². The van der Waals surface area contributed by atoms with E-state index in [9.17, 15) is 19.8 Å². The quantitative estimate of drug-likeness (QED) is 0.629. The molecule has 0 fully saturated rings. The third-order valence-corrected chi connectivity index (χ3v) is 2.77. The number of carboxylic acid groups (broad SMARTS) is 2. The molecule has 0 bridgehead atoms. The molecule has 0 unspecified atom stereocenters. The zero-order valence-electron chi connectivity index (χ0n) is 9.18. The first kappa shape index (κ1) is 16.8. The van der Waals surface area contributed by atoms with Gasteiger partial charge in [0.25, 0.3) is 0 Å². The monoisotopic (exact) mass is 262 g/mol. The number of benzene rings is 1. The van der Waals surface area contributed by atoms with Crippen LogP contribution in [0, 0.1) is 5.92 Å². The van der Waals surface area contributed by atoms with Gasteiger partial charge in [-0.25, -0.2) is 0 Å². The SMILES string of the molecule is CC(C)C(C(=O)O)(C(=O)O)c1ccccc1.[KH]. The molecule has 1 rings (SSSR count). The number of carbonyl (C=O) groups is 2. The van der Waals surface area contributed by atoms with Gasteiger partial charge in [-0.05, 0) is 11.5 Å². The van der Waals surface area contributed by atoms with Gasteiger partial charge in [-0.2, -0.15) is 0 Å². The normalized spacial score (nSPS) is 10.8. The molecule has 0 aromatic heterocycles. The second-order valence-electron chi connectivity index (χ2n) is 3.94. The first-order valence-electron chi connectivity index (χ1n) is 4.96. The standard InChI is InChI=1S/C12H14O4.K.H/c1-8(2)12(10(13)14,11(15)16)9-6-4-3-5-7-9;;/h3-8H,1-2H3,(H,13,14)(H,15,16);;. The summed E-state index contributed by atoms with van der Waals surface area (Å²) >= 11 is 0. The molecular weight excluding hydrogens is 247 g/mol. The van der Waals surface area contributed by atoms with Crippen molar-refractivity contribution in [3.05, 3.63) is 35.9 Å². The van der Waals surface area contributed by atoms with E-state index in [0.29, 0.717) is 5.56 Å². The summed E-state index contributed by atoms with van der Waals surface area (Å²) in [6.07, 6.45) is 0. The van der Waals surface area contributed by atoms with Crippen LogP contribution in [-0.2, 0) is 15.0 Å². The molecule has 0 aliphatic heterocycles. The van der Waals surface area contributed by atoms with Crippen LogP contribution in [0.15, 0.2) is 30.3 Å². The molecular formula is C12H15KO4. The van der Waals surface area contributed by atoms with Crippen molar-refractivity contribution in [2.45, 2.75) is 19.3 Å². The van der Waals surface area contributed by atoms with E-state index in [4.69, 9.17) is 0 Å². The van der Waals surface area contributed by atoms with Crippen LogP contribution in [0.25, 0.3) is 0 Å². The summed E-state index contributed by atoms with van der Waals surface area (Å²) in [4.78, 5) is 22.6. The molecule has 0 atom stereocenters. The number of aliphatic carboxylic acids is 2. The van der Waals surface area contributed by atoms with Gasteiger partial charge in [0, 0.05) is 0 Å². The fourth-order valence-corrected chi connectivity index (χ4v) is 1.87. The van der Waals surface area contributed by atoms with Crippen molar-refractivity contribution in [3.8, 4) is 0 Å². The van der Waals surface area contributed by atoms with E-state index in [2.05, 4.69) is 0 Å². The predicted octanol–water partition coefficient (Wildman–Crippen LogP) is 1.10. The van der Waals surface area contributed by atoms with Crippen molar-refractivity contribution < 1.29 is 19.8 Å². The van der Waals surface area contributed by atoms with Gasteiger partial charge in [0.15, 0.2) is 5.41 Å². The molecule has 0 aliphatic rings. The van der Waals surface area contributed by atoms with Crippen molar-refractivity contribution in [1.82, 2.24) is 0 Å². The molecule has 0 saturated heterocycles. The number of hydrogen-bond donors (Lipinski definition) is 2. The Morgan fingerprint density at radius 2 is 1.47 bits per heavy atom. The fraction of sp³-hybridized carbons (Fsp3) is 0.333. The summed E-state index contributed by atoms with van der Waals surface area (Å²) in [5, 5.41) is 18.5. The molecule has 88 valence electrons. The first-order valence-corrected chi connectivity index (χ1v) is 4.96. The summed E-state index contributed by atoms with van der Waals surface area (Å²) in [5.41, 5.74) is -1.58.